The lowest BCUT2D eigenvalue weighted by Gasteiger charge is -2.38. The molecule has 0 aliphatic carbocycles. The van der Waals surface area contributed by atoms with Gasteiger partial charge in [0.25, 0.3) is 0 Å². The minimum Gasteiger partial charge on any atom is -0.381 e. The molecule has 3 nitrogen and oxygen atoms in total. The minimum atomic E-state index is -0.00238. The first-order chi connectivity index (χ1) is 12.5. The van der Waals surface area contributed by atoms with Crippen LogP contribution < -0.4 is 0 Å². The van der Waals surface area contributed by atoms with Gasteiger partial charge < -0.3 is 4.74 Å². The molecule has 1 atom stereocenters. The van der Waals surface area contributed by atoms with Crippen molar-refractivity contribution in [2.24, 2.45) is 5.41 Å². The van der Waals surface area contributed by atoms with Crippen LogP contribution in [0.5, 0.6) is 0 Å². The molecule has 3 heterocycles. The Hall–Kier alpha value is -1.23. The summed E-state index contributed by atoms with van der Waals surface area (Å²) in [4.78, 5) is 8.64. The molecule has 0 amide bonds. The Morgan fingerprint density at radius 3 is 2.81 bits per heavy atom. The number of pyridine rings is 1. The van der Waals surface area contributed by atoms with Gasteiger partial charge in [0.05, 0.1) is 6.61 Å². The molecule has 2 aromatic heterocycles. The standard InChI is InChI=1S/C22H32N2OS/c1-5-25-17-22(11-10-20-7-6-14-26-20)12-13-24(16-22)21(3,4)19-9-8-18(2)23-15-19/h6-9,14-15H,5,10-13,16-17H2,1-4H3/t22-/m0/s1. The van der Waals surface area contributed by atoms with Gasteiger partial charge in [0, 0.05) is 40.9 Å². The fourth-order valence-corrected chi connectivity index (χ4v) is 4.69. The Kier molecular flexibility index (Phi) is 6.16. The first kappa shape index (κ1) is 19.5. The lowest BCUT2D eigenvalue weighted by atomic mass is 9.82. The molecule has 1 fully saturated rings. The van der Waals surface area contributed by atoms with Crippen molar-refractivity contribution in [2.75, 3.05) is 26.3 Å². The van der Waals surface area contributed by atoms with Crippen molar-refractivity contribution in [1.29, 1.82) is 0 Å². The van der Waals surface area contributed by atoms with Crippen LogP contribution in [0.3, 0.4) is 0 Å². The summed E-state index contributed by atoms with van der Waals surface area (Å²) < 4.78 is 5.94. The molecule has 26 heavy (non-hydrogen) atoms. The second-order valence-corrected chi connectivity index (χ2v) is 9.17. The third kappa shape index (κ3) is 4.36. The van der Waals surface area contributed by atoms with Crippen molar-refractivity contribution in [3.8, 4) is 0 Å². The van der Waals surface area contributed by atoms with Crippen LogP contribution in [-0.4, -0.2) is 36.2 Å². The molecule has 1 saturated heterocycles. The van der Waals surface area contributed by atoms with E-state index in [2.05, 4.69) is 60.3 Å². The van der Waals surface area contributed by atoms with Crippen molar-refractivity contribution >= 4 is 11.3 Å². The Bertz CT molecular complexity index is 681. The van der Waals surface area contributed by atoms with Gasteiger partial charge in [-0.25, -0.2) is 0 Å². The second-order valence-electron chi connectivity index (χ2n) is 8.14. The Morgan fingerprint density at radius 2 is 2.15 bits per heavy atom. The van der Waals surface area contributed by atoms with E-state index < -0.39 is 0 Å². The maximum Gasteiger partial charge on any atom is 0.0535 e. The minimum absolute atomic E-state index is 0.00238. The van der Waals surface area contributed by atoms with E-state index in [-0.39, 0.29) is 11.0 Å². The molecule has 3 rings (SSSR count). The summed E-state index contributed by atoms with van der Waals surface area (Å²) >= 11 is 1.87. The van der Waals surface area contributed by atoms with Gasteiger partial charge in [0.15, 0.2) is 0 Å². The van der Waals surface area contributed by atoms with Crippen LogP contribution in [0.2, 0.25) is 0 Å². The molecule has 142 valence electrons. The third-order valence-corrected chi connectivity index (χ3v) is 6.88. The first-order valence-corrected chi connectivity index (χ1v) is 10.6. The van der Waals surface area contributed by atoms with Gasteiger partial charge in [-0.1, -0.05) is 12.1 Å². The molecule has 0 N–H and O–H groups in total. The van der Waals surface area contributed by atoms with E-state index in [0.717, 1.165) is 38.4 Å². The van der Waals surface area contributed by atoms with E-state index in [4.69, 9.17) is 4.74 Å². The molecule has 0 radical (unpaired) electrons. The predicted molar refractivity (Wildman–Crippen MR) is 110 cm³/mol. The molecular weight excluding hydrogens is 340 g/mol. The smallest absolute Gasteiger partial charge is 0.0535 e. The van der Waals surface area contributed by atoms with Crippen molar-refractivity contribution in [3.05, 3.63) is 52.0 Å². The molecule has 1 aliphatic heterocycles. The summed E-state index contributed by atoms with van der Waals surface area (Å²) in [6.07, 6.45) is 5.61. The molecule has 0 spiro atoms. The number of nitrogens with zero attached hydrogens (tertiary/aromatic N) is 2. The number of hydrogen-bond donors (Lipinski definition) is 0. The average molecular weight is 373 g/mol. The van der Waals surface area contributed by atoms with E-state index in [1.54, 1.807) is 0 Å². The van der Waals surface area contributed by atoms with E-state index in [1.165, 1.54) is 23.3 Å². The molecule has 0 saturated carbocycles. The molecule has 2 aromatic rings. The van der Waals surface area contributed by atoms with Gasteiger partial charge >= 0.3 is 0 Å². The maximum absolute atomic E-state index is 5.94. The van der Waals surface area contributed by atoms with Gasteiger partial charge in [-0.15, -0.1) is 11.3 Å². The zero-order chi connectivity index (χ0) is 18.6. The topological polar surface area (TPSA) is 25.4 Å². The van der Waals surface area contributed by atoms with Crippen molar-refractivity contribution in [2.45, 2.75) is 52.5 Å². The van der Waals surface area contributed by atoms with E-state index in [9.17, 15) is 0 Å². The quantitative estimate of drug-likeness (QED) is 0.648. The van der Waals surface area contributed by atoms with Crippen LogP contribution in [-0.2, 0) is 16.7 Å². The Morgan fingerprint density at radius 1 is 1.31 bits per heavy atom. The SMILES string of the molecule is CCOC[C@@]1(CCc2cccs2)CCN(C(C)(C)c2ccc(C)nc2)C1. The van der Waals surface area contributed by atoms with E-state index >= 15 is 0 Å². The molecule has 0 bridgehead atoms. The van der Waals surface area contributed by atoms with Crippen molar-refractivity contribution in [1.82, 2.24) is 9.88 Å². The lowest BCUT2D eigenvalue weighted by molar-refractivity contribution is 0.0386. The average Bonchev–Trinajstić information content (AvgIpc) is 3.29. The Balaban J connectivity index is 1.73. The largest absolute Gasteiger partial charge is 0.381 e. The normalized spacial score (nSPS) is 21.4. The lowest BCUT2D eigenvalue weighted by Crippen LogP contribution is -2.42. The van der Waals surface area contributed by atoms with Crippen LogP contribution in [0.4, 0.5) is 0 Å². The summed E-state index contributed by atoms with van der Waals surface area (Å²) in [5.41, 5.74) is 2.63. The maximum atomic E-state index is 5.94. The van der Waals surface area contributed by atoms with Crippen LogP contribution in [0.25, 0.3) is 0 Å². The Labute approximate surface area is 162 Å². The molecule has 0 unspecified atom stereocenters. The first-order valence-electron chi connectivity index (χ1n) is 9.73. The fraction of sp³-hybridized carbons (Fsp3) is 0.591. The summed E-state index contributed by atoms with van der Waals surface area (Å²) in [7, 11) is 0. The summed E-state index contributed by atoms with van der Waals surface area (Å²) in [6.45, 7) is 12.7. The monoisotopic (exact) mass is 372 g/mol. The van der Waals surface area contributed by atoms with Gasteiger partial charge in [-0.05, 0) is 76.6 Å². The number of ether oxygens (including phenoxy) is 1. The van der Waals surface area contributed by atoms with Crippen LogP contribution >= 0.6 is 11.3 Å². The zero-order valence-corrected chi connectivity index (χ0v) is 17.4. The highest BCUT2D eigenvalue weighted by Crippen LogP contribution is 2.41. The summed E-state index contributed by atoms with van der Waals surface area (Å²) in [6, 6.07) is 8.77. The molecule has 4 heteroatoms. The predicted octanol–water partition coefficient (Wildman–Crippen LogP) is 5.05. The van der Waals surface area contributed by atoms with Crippen LogP contribution in [0.1, 0.15) is 49.7 Å². The van der Waals surface area contributed by atoms with Crippen molar-refractivity contribution in [3.63, 3.8) is 0 Å². The van der Waals surface area contributed by atoms with Gasteiger partial charge in [-0.2, -0.15) is 0 Å². The summed E-state index contributed by atoms with van der Waals surface area (Å²) in [5, 5.41) is 2.18. The molecular formula is C22H32N2OS. The third-order valence-electron chi connectivity index (χ3n) is 5.94. The highest BCUT2D eigenvalue weighted by atomic mass is 32.1. The second kappa shape index (κ2) is 8.20. The van der Waals surface area contributed by atoms with Crippen LogP contribution in [0, 0.1) is 12.3 Å². The molecule has 1 aliphatic rings. The number of likely N-dealkylation sites (tertiary alicyclic amines) is 1. The number of aromatic nitrogens is 1. The number of aryl methyl sites for hydroxylation is 2. The van der Waals surface area contributed by atoms with Gasteiger partial charge in [0.2, 0.25) is 0 Å². The van der Waals surface area contributed by atoms with Gasteiger partial charge in [-0.3, -0.25) is 9.88 Å². The molecule has 0 aromatic carbocycles. The zero-order valence-electron chi connectivity index (χ0n) is 16.6. The van der Waals surface area contributed by atoms with Crippen molar-refractivity contribution < 1.29 is 4.74 Å². The fourth-order valence-electron chi connectivity index (χ4n) is 3.98. The highest BCUT2D eigenvalue weighted by molar-refractivity contribution is 7.09. The summed E-state index contributed by atoms with van der Waals surface area (Å²) in [5.74, 6) is 0. The number of hydrogen-bond acceptors (Lipinski definition) is 4. The van der Waals surface area contributed by atoms with Gasteiger partial charge in [0.1, 0.15) is 0 Å². The van der Waals surface area contributed by atoms with E-state index in [1.807, 2.05) is 24.5 Å². The number of rotatable bonds is 8. The highest BCUT2D eigenvalue weighted by Gasteiger charge is 2.43. The number of thiophene rings is 1. The van der Waals surface area contributed by atoms with Crippen LogP contribution in [0.15, 0.2) is 35.8 Å². The van der Waals surface area contributed by atoms with E-state index in [0.29, 0.717) is 0 Å².